The molecular weight excluding hydrogens is 364 g/mol. The lowest BCUT2D eigenvalue weighted by Crippen LogP contribution is -2.48. The second-order valence-electron chi connectivity index (χ2n) is 8.40. The van der Waals surface area contributed by atoms with E-state index in [4.69, 9.17) is 4.42 Å². The van der Waals surface area contributed by atoms with Crippen LogP contribution in [0.4, 0.5) is 0 Å². The Morgan fingerprint density at radius 1 is 0.966 bits per heavy atom. The van der Waals surface area contributed by atoms with Gasteiger partial charge in [0, 0.05) is 26.2 Å². The Labute approximate surface area is 172 Å². The Morgan fingerprint density at radius 2 is 1.76 bits per heavy atom. The zero-order valence-corrected chi connectivity index (χ0v) is 17.0. The third kappa shape index (κ3) is 4.89. The molecule has 0 aliphatic carbocycles. The first kappa shape index (κ1) is 19.7. The SMILES string of the molecule is O=C(c1ccoc1)N1CCC[C@H](C(=O)N2CCC(CCc3ccccc3)CC2)C1. The van der Waals surface area contributed by atoms with Crippen molar-refractivity contribution >= 4 is 11.8 Å². The molecule has 0 N–H and O–H groups in total. The van der Waals surface area contributed by atoms with E-state index in [1.165, 1.54) is 24.5 Å². The van der Waals surface area contributed by atoms with Crippen molar-refractivity contribution in [3.63, 3.8) is 0 Å². The summed E-state index contributed by atoms with van der Waals surface area (Å²) in [5.74, 6) is 0.831. The van der Waals surface area contributed by atoms with Crippen LogP contribution in [0.3, 0.4) is 0 Å². The molecule has 0 saturated carbocycles. The van der Waals surface area contributed by atoms with Crippen molar-refractivity contribution < 1.29 is 14.0 Å². The molecule has 1 aromatic carbocycles. The Kier molecular flexibility index (Phi) is 6.33. The number of piperidine rings is 2. The fraction of sp³-hybridized carbons (Fsp3) is 0.500. The summed E-state index contributed by atoms with van der Waals surface area (Å²) in [7, 11) is 0. The topological polar surface area (TPSA) is 53.8 Å². The number of likely N-dealkylation sites (tertiary alicyclic amines) is 2. The van der Waals surface area contributed by atoms with Gasteiger partial charge in [-0.15, -0.1) is 0 Å². The zero-order chi connectivity index (χ0) is 20.1. The van der Waals surface area contributed by atoms with Gasteiger partial charge >= 0.3 is 0 Å². The lowest BCUT2D eigenvalue weighted by molar-refractivity contribution is -0.138. The van der Waals surface area contributed by atoms with E-state index in [0.29, 0.717) is 18.0 Å². The molecular formula is C24H30N2O3. The van der Waals surface area contributed by atoms with Gasteiger partial charge in [-0.2, -0.15) is 0 Å². The maximum absolute atomic E-state index is 13.1. The summed E-state index contributed by atoms with van der Waals surface area (Å²) in [6.45, 7) is 2.95. The number of carbonyl (C=O) groups is 2. The van der Waals surface area contributed by atoms with Crippen molar-refractivity contribution in [1.29, 1.82) is 0 Å². The van der Waals surface area contributed by atoms with Crippen LogP contribution in [0, 0.1) is 11.8 Å². The summed E-state index contributed by atoms with van der Waals surface area (Å²) < 4.78 is 5.03. The monoisotopic (exact) mass is 394 g/mol. The number of hydrogen-bond donors (Lipinski definition) is 0. The number of aryl methyl sites for hydroxylation is 1. The zero-order valence-electron chi connectivity index (χ0n) is 17.0. The minimum absolute atomic E-state index is 0.0316. The van der Waals surface area contributed by atoms with E-state index in [1.807, 2.05) is 9.80 Å². The second-order valence-corrected chi connectivity index (χ2v) is 8.40. The van der Waals surface area contributed by atoms with Crippen LogP contribution in [0.2, 0.25) is 0 Å². The van der Waals surface area contributed by atoms with Crippen molar-refractivity contribution in [3.8, 4) is 0 Å². The highest BCUT2D eigenvalue weighted by molar-refractivity contribution is 5.94. The van der Waals surface area contributed by atoms with Crippen molar-refractivity contribution in [2.24, 2.45) is 11.8 Å². The molecule has 29 heavy (non-hydrogen) atoms. The van der Waals surface area contributed by atoms with Gasteiger partial charge in [0.1, 0.15) is 6.26 Å². The largest absolute Gasteiger partial charge is 0.472 e. The highest BCUT2D eigenvalue weighted by Gasteiger charge is 2.33. The summed E-state index contributed by atoms with van der Waals surface area (Å²) in [4.78, 5) is 29.5. The fourth-order valence-corrected chi connectivity index (χ4v) is 4.65. The van der Waals surface area contributed by atoms with Crippen molar-refractivity contribution in [2.75, 3.05) is 26.2 Å². The quantitative estimate of drug-likeness (QED) is 0.770. The average molecular weight is 395 g/mol. The van der Waals surface area contributed by atoms with Crippen LogP contribution < -0.4 is 0 Å². The standard InChI is InChI=1S/C24H30N2O3/c27-23(21-7-4-13-26(17-21)24(28)22-12-16-29-18-22)25-14-10-20(11-15-25)9-8-19-5-2-1-3-6-19/h1-3,5-6,12,16,18,20-21H,4,7-11,13-15,17H2/t21-/m0/s1. The molecule has 0 bridgehead atoms. The van der Waals surface area contributed by atoms with Gasteiger partial charge in [-0.25, -0.2) is 0 Å². The normalized spacial score (nSPS) is 20.6. The maximum atomic E-state index is 13.1. The fourth-order valence-electron chi connectivity index (χ4n) is 4.65. The van der Waals surface area contributed by atoms with Gasteiger partial charge in [-0.1, -0.05) is 30.3 Å². The molecule has 0 radical (unpaired) electrons. The van der Waals surface area contributed by atoms with E-state index in [0.717, 1.165) is 51.7 Å². The van der Waals surface area contributed by atoms with E-state index in [9.17, 15) is 9.59 Å². The molecule has 2 saturated heterocycles. The van der Waals surface area contributed by atoms with Crippen molar-refractivity contribution in [3.05, 3.63) is 60.1 Å². The van der Waals surface area contributed by atoms with Crippen LogP contribution in [-0.4, -0.2) is 47.8 Å². The summed E-state index contributed by atoms with van der Waals surface area (Å²) in [5, 5.41) is 0. The molecule has 2 aliphatic heterocycles. The summed E-state index contributed by atoms with van der Waals surface area (Å²) in [5.41, 5.74) is 1.97. The number of rotatable bonds is 5. The van der Waals surface area contributed by atoms with Crippen LogP contribution >= 0.6 is 0 Å². The summed E-state index contributed by atoms with van der Waals surface area (Å²) in [6.07, 6.45) is 9.24. The molecule has 2 aliphatic rings. The lowest BCUT2D eigenvalue weighted by Gasteiger charge is -2.38. The summed E-state index contributed by atoms with van der Waals surface area (Å²) in [6, 6.07) is 12.3. The van der Waals surface area contributed by atoms with E-state index in [2.05, 4.69) is 30.3 Å². The van der Waals surface area contributed by atoms with E-state index < -0.39 is 0 Å². The highest BCUT2D eigenvalue weighted by atomic mass is 16.3. The first-order valence-corrected chi connectivity index (χ1v) is 10.8. The van der Waals surface area contributed by atoms with Crippen LogP contribution in [0.5, 0.6) is 0 Å². The van der Waals surface area contributed by atoms with Gasteiger partial charge in [0.2, 0.25) is 5.91 Å². The first-order chi connectivity index (χ1) is 14.2. The van der Waals surface area contributed by atoms with E-state index >= 15 is 0 Å². The first-order valence-electron chi connectivity index (χ1n) is 10.8. The number of furan rings is 1. The average Bonchev–Trinajstić information content (AvgIpc) is 3.33. The lowest BCUT2D eigenvalue weighted by atomic mass is 9.89. The Hall–Kier alpha value is -2.56. The molecule has 2 amide bonds. The Morgan fingerprint density at radius 3 is 2.48 bits per heavy atom. The molecule has 1 aromatic heterocycles. The molecule has 154 valence electrons. The predicted molar refractivity (Wildman–Crippen MR) is 111 cm³/mol. The van der Waals surface area contributed by atoms with Gasteiger partial charge in [-0.3, -0.25) is 9.59 Å². The molecule has 5 nitrogen and oxygen atoms in total. The Balaban J connectivity index is 1.25. The molecule has 2 fully saturated rings. The number of nitrogens with zero attached hydrogens (tertiary/aromatic N) is 2. The molecule has 1 atom stereocenters. The van der Waals surface area contributed by atoms with Crippen LogP contribution in [0.1, 0.15) is 48.0 Å². The molecule has 0 spiro atoms. The van der Waals surface area contributed by atoms with Crippen molar-refractivity contribution in [1.82, 2.24) is 9.80 Å². The number of hydrogen-bond acceptors (Lipinski definition) is 3. The van der Waals surface area contributed by atoms with Gasteiger partial charge in [0.15, 0.2) is 0 Å². The van der Waals surface area contributed by atoms with Gasteiger partial charge < -0.3 is 14.2 Å². The van der Waals surface area contributed by atoms with Crippen LogP contribution in [-0.2, 0) is 11.2 Å². The van der Waals surface area contributed by atoms with E-state index in [1.54, 1.807) is 6.07 Å². The van der Waals surface area contributed by atoms with E-state index in [-0.39, 0.29) is 17.7 Å². The molecule has 3 heterocycles. The smallest absolute Gasteiger partial charge is 0.257 e. The van der Waals surface area contributed by atoms with Crippen LogP contribution in [0.25, 0.3) is 0 Å². The minimum Gasteiger partial charge on any atom is -0.472 e. The molecule has 5 heteroatoms. The van der Waals surface area contributed by atoms with Gasteiger partial charge in [0.05, 0.1) is 17.7 Å². The number of benzene rings is 1. The molecule has 4 rings (SSSR count). The molecule has 2 aromatic rings. The summed E-state index contributed by atoms with van der Waals surface area (Å²) >= 11 is 0. The number of carbonyl (C=O) groups excluding carboxylic acids is 2. The van der Waals surface area contributed by atoms with Gasteiger partial charge in [-0.05, 0) is 56.1 Å². The minimum atomic E-state index is -0.0690. The third-order valence-electron chi connectivity index (χ3n) is 6.44. The highest BCUT2D eigenvalue weighted by Crippen LogP contribution is 2.26. The van der Waals surface area contributed by atoms with Gasteiger partial charge in [0.25, 0.3) is 5.91 Å². The second kappa shape index (κ2) is 9.29. The van der Waals surface area contributed by atoms with Crippen LogP contribution in [0.15, 0.2) is 53.3 Å². The predicted octanol–water partition coefficient (Wildman–Crippen LogP) is 4.00. The Bertz CT molecular complexity index is 795. The number of amides is 2. The molecule has 0 unspecified atom stereocenters. The maximum Gasteiger partial charge on any atom is 0.257 e. The van der Waals surface area contributed by atoms with Crippen molar-refractivity contribution in [2.45, 2.75) is 38.5 Å². The third-order valence-corrected chi connectivity index (χ3v) is 6.44.